The molecule has 3 saturated carbocycles. The lowest BCUT2D eigenvalue weighted by atomic mass is 9.51. The summed E-state index contributed by atoms with van der Waals surface area (Å²) >= 11 is 6.17. The van der Waals surface area contributed by atoms with Crippen LogP contribution in [0.2, 0.25) is 5.02 Å². The van der Waals surface area contributed by atoms with E-state index >= 15 is 0 Å². The molecule has 0 aliphatic heterocycles. The van der Waals surface area contributed by atoms with Crippen LogP contribution < -0.4 is 0 Å². The molecule has 5 rings (SSSR count). The number of aliphatic hydroxyl groups excluding tert-OH is 1. The number of aromatic nitrogens is 2. The van der Waals surface area contributed by atoms with Crippen molar-refractivity contribution in [3.05, 3.63) is 28.9 Å². The molecule has 23 heavy (non-hydrogen) atoms. The molecule has 1 heterocycles. The first-order valence-corrected chi connectivity index (χ1v) is 8.42. The average molecular weight is 341 g/mol. The van der Waals surface area contributed by atoms with Crippen molar-refractivity contribution in [3.63, 3.8) is 0 Å². The van der Waals surface area contributed by atoms with Gasteiger partial charge in [0.1, 0.15) is 0 Å². The molecule has 0 saturated heterocycles. The molecule has 3 aliphatic rings. The summed E-state index contributed by atoms with van der Waals surface area (Å²) in [7, 11) is 0. The number of alkyl halides is 2. The van der Waals surface area contributed by atoms with E-state index in [9.17, 15) is 13.9 Å². The van der Waals surface area contributed by atoms with E-state index in [4.69, 9.17) is 11.6 Å². The quantitative estimate of drug-likeness (QED) is 0.838. The summed E-state index contributed by atoms with van der Waals surface area (Å²) in [6, 6.07) is 3.57. The Bertz CT molecular complexity index is 721. The molecule has 2 bridgehead atoms. The molecule has 6 heteroatoms. The van der Waals surface area contributed by atoms with Gasteiger partial charge >= 0.3 is 0 Å². The number of aromatic amines is 1. The second kappa shape index (κ2) is 5.15. The molecule has 2 N–H and O–H groups in total. The van der Waals surface area contributed by atoms with Gasteiger partial charge in [-0.1, -0.05) is 11.6 Å². The number of hydrogen-bond acceptors (Lipinski definition) is 2. The van der Waals surface area contributed by atoms with E-state index in [2.05, 4.69) is 10.2 Å². The highest BCUT2D eigenvalue weighted by molar-refractivity contribution is 6.31. The Labute approximate surface area is 138 Å². The predicted molar refractivity (Wildman–Crippen MR) is 84.6 cm³/mol. The van der Waals surface area contributed by atoms with E-state index in [0.29, 0.717) is 43.5 Å². The third-order valence-electron chi connectivity index (χ3n) is 6.24. The number of hydrogen-bond donors (Lipinski definition) is 2. The Hall–Kier alpha value is -1.20. The van der Waals surface area contributed by atoms with Crippen LogP contribution in [0.25, 0.3) is 10.9 Å². The van der Waals surface area contributed by atoms with Crippen LogP contribution >= 0.6 is 11.6 Å². The number of aliphatic hydroxyl groups is 1. The number of benzene rings is 1. The molecule has 1 unspecified atom stereocenters. The van der Waals surface area contributed by atoms with Gasteiger partial charge in [-0.3, -0.25) is 5.10 Å². The van der Waals surface area contributed by atoms with Crippen molar-refractivity contribution in [2.45, 2.75) is 51.1 Å². The number of nitrogens with zero attached hydrogens (tertiary/aromatic N) is 1. The van der Waals surface area contributed by atoms with Crippen molar-refractivity contribution in [3.8, 4) is 0 Å². The highest BCUT2D eigenvalue weighted by atomic mass is 35.5. The molecular formula is C17H19ClF2N2O. The second-order valence-corrected chi connectivity index (χ2v) is 7.69. The molecule has 3 aliphatic carbocycles. The number of rotatable bonds is 3. The maximum absolute atomic E-state index is 13.4. The zero-order valence-corrected chi connectivity index (χ0v) is 13.4. The molecule has 0 radical (unpaired) electrons. The number of fused-ring (bicyclic) bond motifs is 4. The van der Waals surface area contributed by atoms with Crippen molar-refractivity contribution in [1.29, 1.82) is 0 Å². The fourth-order valence-electron chi connectivity index (χ4n) is 4.57. The first-order valence-electron chi connectivity index (χ1n) is 8.05. The Morgan fingerprint density at radius 1 is 1.09 bits per heavy atom. The summed E-state index contributed by atoms with van der Waals surface area (Å²) < 4.78 is 26.8. The summed E-state index contributed by atoms with van der Waals surface area (Å²) in [5.41, 5.74) is 0.377. The van der Waals surface area contributed by atoms with Gasteiger partial charge in [0.25, 0.3) is 0 Å². The maximum Gasteiger partial charge on any atom is 0.244 e. The minimum Gasteiger partial charge on any atom is -0.388 e. The zero-order chi connectivity index (χ0) is 16.2. The molecule has 1 aromatic heterocycles. The lowest BCUT2D eigenvalue weighted by molar-refractivity contribution is -0.142. The van der Waals surface area contributed by atoms with E-state index in [0.717, 1.165) is 16.5 Å². The number of nitrogens with one attached hydrogen (secondary N) is 1. The standard InChI is InChI=1S/C17H19ClF2N2O/c18-11-7-10-9-21-22-13(10)12(8-11)14(23)16-1-4-17(5-2-16,6-3-16)15(19)20/h7-9,14-15,23H,1-6H2,(H,21,22). The highest BCUT2D eigenvalue weighted by Crippen LogP contribution is 2.63. The van der Waals surface area contributed by atoms with E-state index in [-0.39, 0.29) is 5.41 Å². The third kappa shape index (κ3) is 2.20. The Balaban J connectivity index is 1.70. The van der Waals surface area contributed by atoms with Gasteiger partial charge in [0, 0.05) is 26.8 Å². The smallest absolute Gasteiger partial charge is 0.244 e. The molecule has 3 nitrogen and oxygen atoms in total. The third-order valence-corrected chi connectivity index (χ3v) is 6.46. The summed E-state index contributed by atoms with van der Waals surface area (Å²) in [6.07, 6.45) is 2.11. The van der Waals surface area contributed by atoms with E-state index in [1.54, 1.807) is 18.3 Å². The summed E-state index contributed by atoms with van der Waals surface area (Å²) in [4.78, 5) is 0. The largest absolute Gasteiger partial charge is 0.388 e. The molecule has 0 spiro atoms. The van der Waals surface area contributed by atoms with Gasteiger partial charge in [-0.25, -0.2) is 8.78 Å². The van der Waals surface area contributed by atoms with Crippen LogP contribution in [0, 0.1) is 10.8 Å². The number of halogens is 3. The van der Waals surface area contributed by atoms with Gasteiger partial charge in [-0.2, -0.15) is 5.10 Å². The van der Waals surface area contributed by atoms with Gasteiger partial charge in [-0.05, 0) is 50.7 Å². The van der Waals surface area contributed by atoms with Crippen molar-refractivity contribution in [2.75, 3.05) is 0 Å². The van der Waals surface area contributed by atoms with Crippen LogP contribution in [0.3, 0.4) is 0 Å². The lowest BCUT2D eigenvalue weighted by Gasteiger charge is -2.54. The average Bonchev–Trinajstić information content (AvgIpc) is 3.03. The minimum absolute atomic E-state index is 0.320. The van der Waals surface area contributed by atoms with Crippen molar-refractivity contribution in [1.82, 2.24) is 10.2 Å². The molecule has 3 fully saturated rings. The first-order chi connectivity index (χ1) is 11.0. The molecule has 0 amide bonds. The maximum atomic E-state index is 13.4. The molecule has 2 aromatic rings. The highest BCUT2D eigenvalue weighted by Gasteiger charge is 2.55. The Kier molecular flexibility index (Phi) is 3.43. The normalized spacial score (nSPS) is 31.9. The molecule has 1 aromatic carbocycles. The lowest BCUT2D eigenvalue weighted by Crippen LogP contribution is -2.47. The van der Waals surface area contributed by atoms with Crippen LogP contribution in [0.15, 0.2) is 18.3 Å². The van der Waals surface area contributed by atoms with Gasteiger partial charge in [-0.15, -0.1) is 0 Å². The Morgan fingerprint density at radius 3 is 2.30 bits per heavy atom. The van der Waals surface area contributed by atoms with Crippen LogP contribution in [0.4, 0.5) is 8.78 Å². The monoisotopic (exact) mass is 340 g/mol. The summed E-state index contributed by atoms with van der Waals surface area (Å²) in [5, 5.41) is 19.5. The molecule has 124 valence electrons. The topological polar surface area (TPSA) is 48.9 Å². The second-order valence-electron chi connectivity index (χ2n) is 7.26. The summed E-state index contributed by atoms with van der Waals surface area (Å²) in [5.74, 6) is 0. The van der Waals surface area contributed by atoms with Gasteiger partial charge in [0.2, 0.25) is 6.43 Å². The first kappa shape index (κ1) is 15.3. The van der Waals surface area contributed by atoms with E-state index in [1.165, 1.54) is 0 Å². The van der Waals surface area contributed by atoms with Gasteiger partial charge in [0.15, 0.2) is 0 Å². The fraction of sp³-hybridized carbons (Fsp3) is 0.588. The van der Waals surface area contributed by atoms with Crippen molar-refractivity contribution >= 4 is 22.5 Å². The van der Waals surface area contributed by atoms with E-state index < -0.39 is 17.9 Å². The van der Waals surface area contributed by atoms with Crippen molar-refractivity contribution in [2.24, 2.45) is 10.8 Å². The van der Waals surface area contributed by atoms with Gasteiger partial charge < -0.3 is 5.11 Å². The van der Waals surface area contributed by atoms with Crippen LogP contribution in [0.5, 0.6) is 0 Å². The van der Waals surface area contributed by atoms with E-state index in [1.807, 2.05) is 0 Å². The SMILES string of the molecule is OC(c1cc(Cl)cc2cn[nH]c12)C12CCC(C(F)F)(CC1)CC2. The van der Waals surface area contributed by atoms with Gasteiger partial charge in [0.05, 0.1) is 17.8 Å². The van der Waals surface area contributed by atoms with Crippen molar-refractivity contribution < 1.29 is 13.9 Å². The van der Waals surface area contributed by atoms with Crippen LogP contribution in [-0.2, 0) is 0 Å². The molecular weight excluding hydrogens is 322 g/mol. The van der Waals surface area contributed by atoms with Crippen LogP contribution in [-0.4, -0.2) is 21.7 Å². The summed E-state index contributed by atoms with van der Waals surface area (Å²) in [6.45, 7) is 0. The molecule has 1 atom stereocenters. The zero-order valence-electron chi connectivity index (χ0n) is 12.7. The minimum atomic E-state index is -2.26. The predicted octanol–water partition coefficient (Wildman–Crippen LogP) is 4.86. The van der Waals surface area contributed by atoms with Crippen LogP contribution in [0.1, 0.15) is 50.2 Å². The fourth-order valence-corrected chi connectivity index (χ4v) is 4.81. The number of H-pyrrole nitrogens is 1. The Morgan fingerprint density at radius 2 is 1.70 bits per heavy atom.